The molecule has 0 saturated heterocycles. The van der Waals surface area contributed by atoms with Crippen molar-refractivity contribution in [3.63, 3.8) is 0 Å². The van der Waals surface area contributed by atoms with Gasteiger partial charge in [0.25, 0.3) is 0 Å². The van der Waals surface area contributed by atoms with Crippen LogP contribution in [-0.4, -0.2) is 40.1 Å². The molecule has 3 rings (SSSR count). The number of methoxy groups -OCH3 is 1. The molecule has 1 heterocycles. The topological polar surface area (TPSA) is 69.0 Å². The van der Waals surface area contributed by atoms with E-state index < -0.39 is 0 Å². The van der Waals surface area contributed by atoms with E-state index in [0.29, 0.717) is 29.0 Å². The molecule has 0 fully saturated rings. The molecule has 1 N–H and O–H groups in total. The Morgan fingerprint density at radius 3 is 2.70 bits per heavy atom. The molecule has 0 radical (unpaired) electrons. The van der Waals surface area contributed by atoms with E-state index >= 15 is 0 Å². The van der Waals surface area contributed by atoms with Gasteiger partial charge in [0.05, 0.1) is 12.4 Å². The molecule has 8 heteroatoms. The largest absolute Gasteiger partial charge is 0.383 e. The maximum Gasteiger partial charge on any atom is 0.234 e. The summed E-state index contributed by atoms with van der Waals surface area (Å²) in [6.45, 7) is 3.12. The van der Waals surface area contributed by atoms with Crippen LogP contribution < -0.4 is 5.32 Å². The van der Waals surface area contributed by atoms with E-state index in [0.717, 1.165) is 24.2 Å². The number of thioether (sulfide) groups is 1. The summed E-state index contributed by atoms with van der Waals surface area (Å²) in [5.41, 5.74) is 2.91. The van der Waals surface area contributed by atoms with Crippen molar-refractivity contribution < 1.29 is 9.53 Å². The van der Waals surface area contributed by atoms with Crippen LogP contribution in [0, 0.1) is 6.92 Å². The fourth-order valence-electron chi connectivity index (χ4n) is 2.92. The van der Waals surface area contributed by atoms with Gasteiger partial charge in [0.15, 0.2) is 5.16 Å². The maximum absolute atomic E-state index is 12.4. The third kappa shape index (κ3) is 6.32. The van der Waals surface area contributed by atoms with Crippen molar-refractivity contribution in [2.45, 2.75) is 31.5 Å². The van der Waals surface area contributed by atoms with Crippen LogP contribution in [-0.2, 0) is 28.9 Å². The number of hydrogen-bond acceptors (Lipinski definition) is 5. The summed E-state index contributed by atoms with van der Waals surface area (Å²) in [7, 11) is 1.67. The Balaban J connectivity index is 1.61. The van der Waals surface area contributed by atoms with Crippen molar-refractivity contribution in [2.24, 2.45) is 0 Å². The summed E-state index contributed by atoms with van der Waals surface area (Å²) in [5.74, 6) is 1.01. The third-order valence-electron chi connectivity index (χ3n) is 4.58. The van der Waals surface area contributed by atoms with E-state index in [1.165, 1.54) is 17.3 Å². The minimum Gasteiger partial charge on any atom is -0.383 e. The summed E-state index contributed by atoms with van der Waals surface area (Å²) in [6, 6.07) is 15.8. The highest BCUT2D eigenvalue weighted by atomic mass is 35.5. The lowest BCUT2D eigenvalue weighted by atomic mass is 10.1. The smallest absolute Gasteiger partial charge is 0.234 e. The van der Waals surface area contributed by atoms with E-state index in [9.17, 15) is 4.79 Å². The molecular formula is C22H25ClN4O2S. The van der Waals surface area contributed by atoms with Crippen molar-refractivity contribution in [3.8, 4) is 0 Å². The van der Waals surface area contributed by atoms with E-state index in [2.05, 4.69) is 27.6 Å². The molecule has 158 valence electrons. The van der Waals surface area contributed by atoms with Gasteiger partial charge in [-0.3, -0.25) is 4.79 Å². The first-order valence-electron chi connectivity index (χ1n) is 9.70. The molecule has 30 heavy (non-hydrogen) atoms. The first-order valence-corrected chi connectivity index (χ1v) is 11.1. The molecule has 0 unspecified atom stereocenters. The lowest BCUT2D eigenvalue weighted by molar-refractivity contribution is -0.113. The van der Waals surface area contributed by atoms with Gasteiger partial charge >= 0.3 is 0 Å². The summed E-state index contributed by atoms with van der Waals surface area (Å²) in [5, 5.41) is 12.9. The second kappa shape index (κ2) is 11.2. The third-order valence-corrected chi connectivity index (χ3v) is 5.95. The molecule has 0 spiro atoms. The Morgan fingerprint density at radius 2 is 1.97 bits per heavy atom. The zero-order chi connectivity index (χ0) is 21.3. The monoisotopic (exact) mass is 444 g/mol. The van der Waals surface area contributed by atoms with Crippen molar-refractivity contribution in [2.75, 3.05) is 24.8 Å². The maximum atomic E-state index is 12.4. The van der Waals surface area contributed by atoms with Gasteiger partial charge in [-0.05, 0) is 36.6 Å². The molecule has 1 amide bonds. The van der Waals surface area contributed by atoms with Crippen LogP contribution in [0.25, 0.3) is 0 Å². The molecule has 0 atom stereocenters. The molecule has 0 saturated carbocycles. The quantitative estimate of drug-likeness (QED) is 0.469. The summed E-state index contributed by atoms with van der Waals surface area (Å²) < 4.78 is 7.27. The second-order valence-electron chi connectivity index (χ2n) is 6.83. The summed E-state index contributed by atoms with van der Waals surface area (Å²) >= 11 is 7.49. The Labute approximate surface area is 186 Å². The number of nitrogens with one attached hydrogen (secondary N) is 1. The molecule has 0 bridgehead atoms. The number of nitrogens with zero attached hydrogens (tertiary/aromatic N) is 3. The number of amides is 1. The predicted molar refractivity (Wildman–Crippen MR) is 121 cm³/mol. The number of halogens is 1. The van der Waals surface area contributed by atoms with Crippen LogP contribution >= 0.6 is 23.4 Å². The first-order chi connectivity index (χ1) is 14.6. The number of rotatable bonds is 10. The van der Waals surface area contributed by atoms with E-state index in [1.54, 1.807) is 13.2 Å². The summed E-state index contributed by atoms with van der Waals surface area (Å²) in [6.07, 6.45) is 1.65. The standard InChI is InChI=1S/C22H25ClN4O2S/c1-16-8-10-18(14-19(16)23)24-21(28)15-30-22-26-25-20(27(22)12-13-29-2)11-9-17-6-4-3-5-7-17/h3-8,10,14H,9,11-13,15H2,1-2H3,(H,24,28). The number of ether oxygens (including phenoxy) is 1. The zero-order valence-corrected chi connectivity index (χ0v) is 18.7. The molecule has 6 nitrogen and oxygen atoms in total. The number of aromatic nitrogens is 3. The number of anilines is 1. The highest BCUT2D eigenvalue weighted by Crippen LogP contribution is 2.22. The molecule has 2 aromatic carbocycles. The van der Waals surface area contributed by atoms with E-state index in [-0.39, 0.29) is 11.7 Å². The Hall–Kier alpha value is -2.35. The van der Waals surface area contributed by atoms with Gasteiger partial charge < -0.3 is 14.6 Å². The van der Waals surface area contributed by atoms with Gasteiger partial charge in [-0.2, -0.15) is 0 Å². The average molecular weight is 445 g/mol. The fraction of sp³-hybridized carbons (Fsp3) is 0.318. The predicted octanol–water partition coefficient (Wildman–Crippen LogP) is 4.40. The van der Waals surface area contributed by atoms with Crippen molar-refractivity contribution in [3.05, 3.63) is 70.5 Å². The summed E-state index contributed by atoms with van der Waals surface area (Å²) in [4.78, 5) is 12.4. The van der Waals surface area contributed by atoms with Crippen molar-refractivity contribution >= 4 is 35.0 Å². The molecular weight excluding hydrogens is 420 g/mol. The van der Waals surface area contributed by atoms with Gasteiger partial charge in [-0.1, -0.05) is 59.8 Å². The minimum atomic E-state index is -0.118. The van der Waals surface area contributed by atoms with Crippen LogP contribution in [0.3, 0.4) is 0 Å². The molecule has 0 aliphatic carbocycles. The van der Waals surface area contributed by atoms with Gasteiger partial charge in [-0.25, -0.2) is 0 Å². The van der Waals surface area contributed by atoms with Crippen LogP contribution in [0.15, 0.2) is 53.7 Å². The Kier molecular flexibility index (Phi) is 8.30. The van der Waals surface area contributed by atoms with E-state index in [1.807, 2.05) is 41.8 Å². The van der Waals surface area contributed by atoms with Crippen LogP contribution in [0.2, 0.25) is 5.02 Å². The zero-order valence-electron chi connectivity index (χ0n) is 17.1. The molecule has 0 aliphatic rings. The normalized spacial score (nSPS) is 10.9. The number of aryl methyl sites for hydroxylation is 3. The second-order valence-corrected chi connectivity index (χ2v) is 8.18. The fourth-order valence-corrected chi connectivity index (χ4v) is 3.88. The van der Waals surface area contributed by atoms with Crippen LogP contribution in [0.1, 0.15) is 17.0 Å². The number of benzene rings is 2. The number of carbonyl (C=O) groups is 1. The lowest BCUT2D eigenvalue weighted by Crippen LogP contribution is -2.15. The van der Waals surface area contributed by atoms with Crippen molar-refractivity contribution in [1.82, 2.24) is 14.8 Å². The highest BCUT2D eigenvalue weighted by Gasteiger charge is 2.14. The van der Waals surface area contributed by atoms with Crippen LogP contribution in [0.4, 0.5) is 5.69 Å². The first kappa shape index (κ1) is 22.3. The van der Waals surface area contributed by atoms with Gasteiger partial charge in [0.2, 0.25) is 5.91 Å². The minimum absolute atomic E-state index is 0.118. The Bertz CT molecular complexity index is 979. The highest BCUT2D eigenvalue weighted by molar-refractivity contribution is 7.99. The van der Waals surface area contributed by atoms with Gasteiger partial charge in [0, 0.05) is 30.8 Å². The number of hydrogen-bond donors (Lipinski definition) is 1. The molecule has 1 aromatic heterocycles. The molecule has 3 aromatic rings. The lowest BCUT2D eigenvalue weighted by Gasteiger charge is -2.10. The van der Waals surface area contributed by atoms with Crippen molar-refractivity contribution in [1.29, 1.82) is 0 Å². The SMILES string of the molecule is COCCn1c(CCc2ccccc2)nnc1SCC(=O)Nc1ccc(C)c(Cl)c1. The van der Waals surface area contributed by atoms with Gasteiger partial charge in [-0.15, -0.1) is 10.2 Å². The van der Waals surface area contributed by atoms with Gasteiger partial charge in [0.1, 0.15) is 5.82 Å². The molecule has 0 aliphatic heterocycles. The average Bonchev–Trinajstić information content (AvgIpc) is 3.14. The van der Waals surface area contributed by atoms with E-state index in [4.69, 9.17) is 16.3 Å². The Morgan fingerprint density at radius 1 is 1.17 bits per heavy atom. The van der Waals surface area contributed by atoms with Crippen LogP contribution in [0.5, 0.6) is 0 Å². The number of carbonyl (C=O) groups excluding carboxylic acids is 1.